The fraction of sp³-hybridized carbons (Fsp3) is 0.194. The molecule has 5 rings (SSSR count). The van der Waals surface area contributed by atoms with Crippen molar-refractivity contribution in [3.8, 4) is 0 Å². The Labute approximate surface area is 239 Å². The Bertz CT molecular complexity index is 1280. The van der Waals surface area contributed by atoms with E-state index in [9.17, 15) is 0 Å². The number of hydrogen-bond donors (Lipinski definition) is 0. The Morgan fingerprint density at radius 1 is 0.590 bits per heavy atom. The molecule has 1 atom stereocenters. The van der Waals surface area contributed by atoms with Crippen LogP contribution in [0.5, 0.6) is 0 Å². The van der Waals surface area contributed by atoms with Crippen LogP contribution in [0.3, 0.4) is 0 Å². The van der Waals surface area contributed by atoms with Gasteiger partial charge in [0, 0.05) is 5.18 Å². The van der Waals surface area contributed by atoms with E-state index in [1.807, 2.05) is 18.2 Å². The molecule has 4 aromatic rings. The molecule has 3 heteroatoms. The first-order valence-corrected chi connectivity index (χ1v) is 19.5. The third-order valence-corrected chi connectivity index (χ3v) is 17.6. The molecule has 198 valence electrons. The van der Waals surface area contributed by atoms with Crippen molar-refractivity contribution in [2.75, 3.05) is 0 Å². The van der Waals surface area contributed by atoms with E-state index >= 15 is 0 Å². The molecule has 0 fully saturated rings. The lowest BCUT2D eigenvalue weighted by Gasteiger charge is -2.46. The van der Waals surface area contributed by atoms with E-state index in [1.165, 1.54) is 32.6 Å². The quantitative estimate of drug-likeness (QED) is 0.130. The number of allylic oxidation sites excluding steroid dienone is 3. The lowest BCUT2D eigenvalue weighted by molar-refractivity contribution is 1.37. The summed E-state index contributed by atoms with van der Waals surface area (Å²) >= 11 is 0. The predicted molar refractivity (Wildman–Crippen MR) is 181 cm³/mol. The Hall–Kier alpha value is -3.06. The Morgan fingerprint density at radius 2 is 0.974 bits per heavy atom. The molecule has 0 radical (unpaired) electrons. The van der Waals surface area contributed by atoms with Crippen LogP contribution < -0.4 is 15.9 Å². The predicted octanol–water partition coefficient (Wildman–Crippen LogP) is 8.44. The minimum absolute atomic E-state index is 0.431. The lowest BCUT2D eigenvalue weighted by atomic mass is 9.45. The van der Waals surface area contributed by atoms with E-state index in [2.05, 4.69) is 162 Å². The molecule has 0 aromatic heterocycles. The molecule has 0 amide bonds. The molecule has 0 bridgehead atoms. The molecule has 0 spiro atoms. The van der Waals surface area contributed by atoms with Crippen molar-refractivity contribution in [1.29, 1.82) is 0 Å². The van der Waals surface area contributed by atoms with Crippen molar-refractivity contribution in [1.82, 2.24) is 0 Å². The number of hydrogen-bond acceptors (Lipinski definition) is 0. The molecule has 0 nitrogen and oxygen atoms in total. The first kappa shape index (κ1) is 28.9. The second-order valence-corrected chi connectivity index (χ2v) is 21.1. The van der Waals surface area contributed by atoms with Crippen molar-refractivity contribution < 1.29 is 0 Å². The average molecular weight is 545 g/mol. The number of benzene rings is 4. The molecule has 0 saturated carbocycles. The summed E-state index contributed by atoms with van der Waals surface area (Å²) in [4.78, 5) is 0. The van der Waals surface area contributed by atoms with E-state index in [4.69, 9.17) is 0 Å². The molecule has 0 saturated heterocycles. The zero-order valence-corrected chi connectivity index (χ0v) is 26.3. The summed E-state index contributed by atoms with van der Waals surface area (Å²) in [6, 6.07) is 44.5. The fourth-order valence-electron chi connectivity index (χ4n) is 6.16. The van der Waals surface area contributed by atoms with Crippen LogP contribution in [0.25, 0.3) is 0 Å². The minimum atomic E-state index is -1.95. The van der Waals surface area contributed by atoms with Gasteiger partial charge in [-0.1, -0.05) is 124 Å². The Balaban J connectivity index is 0.000000438. The maximum Gasteiger partial charge on any atom is 0.144 e. The molecule has 39 heavy (non-hydrogen) atoms. The second kappa shape index (κ2) is 12.9. The van der Waals surface area contributed by atoms with Crippen LogP contribution in [-0.2, 0) is 0 Å². The summed E-state index contributed by atoms with van der Waals surface area (Å²) in [5, 5.41) is 5.05. The first-order valence-electron chi connectivity index (χ1n) is 14.0. The first-order chi connectivity index (χ1) is 18.7. The van der Waals surface area contributed by atoms with Gasteiger partial charge < -0.3 is 0 Å². The van der Waals surface area contributed by atoms with Crippen LogP contribution >= 0.6 is 7.26 Å². The van der Waals surface area contributed by atoms with Gasteiger partial charge in [0.1, 0.15) is 29.9 Å². The van der Waals surface area contributed by atoms with Crippen LogP contribution in [0.1, 0.15) is 19.4 Å². The van der Waals surface area contributed by atoms with Crippen LogP contribution in [0.15, 0.2) is 145 Å². The van der Waals surface area contributed by atoms with Crippen molar-refractivity contribution in [2.24, 2.45) is 0 Å². The molecule has 1 aliphatic rings. The van der Waals surface area contributed by atoms with Crippen LogP contribution in [0.2, 0.25) is 19.6 Å². The van der Waals surface area contributed by atoms with Crippen molar-refractivity contribution in [2.45, 2.75) is 45.6 Å². The van der Waals surface area contributed by atoms with Gasteiger partial charge in [0.05, 0.1) is 8.07 Å². The summed E-state index contributed by atoms with van der Waals surface area (Å²) in [6.07, 6.45) is 4.87. The third-order valence-electron chi connectivity index (χ3n) is 7.47. The zero-order valence-electron chi connectivity index (χ0n) is 24.4. The lowest BCUT2D eigenvalue weighted by Crippen LogP contribution is -2.57. The second-order valence-electron chi connectivity index (χ2n) is 11.7. The highest BCUT2D eigenvalue weighted by Crippen LogP contribution is 2.63. The van der Waals surface area contributed by atoms with E-state index < -0.39 is 15.3 Å². The fourth-order valence-corrected chi connectivity index (χ4v) is 18.0. The molecule has 0 N–H and O–H groups in total. The monoisotopic (exact) mass is 544 g/mol. The highest BCUT2D eigenvalue weighted by molar-refractivity contribution is 7.99. The van der Waals surface area contributed by atoms with E-state index in [0.717, 1.165) is 0 Å². The van der Waals surface area contributed by atoms with Crippen LogP contribution in [-0.4, -0.2) is 20.0 Å². The summed E-state index contributed by atoms with van der Waals surface area (Å²) in [5.74, 6) is 2.54. The van der Waals surface area contributed by atoms with Gasteiger partial charge in [-0.2, -0.15) is 0 Å². The SMILES string of the molecule is CC1=CB([C@@H]([Si](C)(C)C)[P+](c2ccccc2)(c2ccccc2)c2ccccc2)[CH-]C(C)=C1.Cc1ccccc1. The summed E-state index contributed by atoms with van der Waals surface area (Å²) in [5.41, 5.74) is 4.11. The standard InChI is InChI=1S/C29H34BPSi.C7H8/c1-24-21-25(2)23-30(22-24)29(32(3,4)5)31(26-15-9-6-10-16-26,27-17-11-7-12-18-27)28-19-13-8-14-20-28;1-7-5-3-2-4-6-7/h6-23,29H,1-5H3;2-6H,1H3/t29-;/m1./s1. The largest absolute Gasteiger partial charge is 0.241 e. The van der Waals surface area contributed by atoms with Gasteiger partial charge in [0.25, 0.3) is 0 Å². The third kappa shape index (κ3) is 6.75. The summed E-state index contributed by atoms with van der Waals surface area (Å²) < 4.78 is 0. The van der Waals surface area contributed by atoms with Crippen molar-refractivity contribution >= 4 is 38.0 Å². The van der Waals surface area contributed by atoms with Gasteiger partial charge in [0.15, 0.2) is 0 Å². The van der Waals surface area contributed by atoms with Gasteiger partial charge in [0.2, 0.25) is 0 Å². The van der Waals surface area contributed by atoms with Crippen LogP contribution in [0.4, 0.5) is 0 Å². The highest BCUT2D eigenvalue weighted by atomic mass is 31.2. The minimum Gasteiger partial charge on any atom is -0.241 e. The van der Waals surface area contributed by atoms with Gasteiger partial charge in [-0.05, 0) is 43.3 Å². The molecule has 0 unspecified atom stereocenters. The molecule has 1 heterocycles. The summed E-state index contributed by atoms with van der Waals surface area (Å²) in [7, 11) is -3.62. The molecule has 1 aliphatic heterocycles. The average Bonchev–Trinajstić information content (AvgIpc) is 2.92. The van der Waals surface area contributed by atoms with Gasteiger partial charge in [-0.25, -0.2) is 18.0 Å². The van der Waals surface area contributed by atoms with Gasteiger partial charge >= 0.3 is 0 Å². The summed E-state index contributed by atoms with van der Waals surface area (Å²) in [6.45, 7) is 14.8. The number of rotatable bonds is 6. The van der Waals surface area contributed by atoms with E-state index in [0.29, 0.717) is 11.9 Å². The van der Waals surface area contributed by atoms with Gasteiger partial charge in [-0.15, -0.1) is 11.5 Å². The molecule has 4 aromatic carbocycles. The Morgan fingerprint density at radius 3 is 1.28 bits per heavy atom. The van der Waals surface area contributed by atoms with Crippen molar-refractivity contribution in [3.63, 3.8) is 0 Å². The normalized spacial score (nSPS) is 14.3. The highest BCUT2D eigenvalue weighted by Gasteiger charge is 2.58. The van der Waals surface area contributed by atoms with E-state index in [-0.39, 0.29) is 0 Å². The topological polar surface area (TPSA) is 0 Å². The Kier molecular flexibility index (Phi) is 9.54. The maximum atomic E-state index is 2.58. The molecular weight excluding hydrogens is 502 g/mol. The van der Waals surface area contributed by atoms with E-state index in [1.54, 1.807) is 0 Å². The van der Waals surface area contributed by atoms with Gasteiger partial charge in [-0.3, -0.25) is 0 Å². The molecular formula is C36H42BPSi. The van der Waals surface area contributed by atoms with Crippen molar-refractivity contribution in [3.05, 3.63) is 156 Å². The maximum absolute atomic E-state index is 2.58. The molecule has 0 aliphatic carbocycles. The zero-order chi connectivity index (χ0) is 27.9. The smallest absolute Gasteiger partial charge is 0.144 e. The number of aryl methyl sites for hydroxylation is 1. The van der Waals surface area contributed by atoms with Crippen LogP contribution in [0, 0.1) is 13.2 Å².